The molecule has 1 aliphatic heterocycles. The van der Waals surface area contributed by atoms with Gasteiger partial charge < -0.3 is 9.80 Å². The van der Waals surface area contributed by atoms with Crippen molar-refractivity contribution in [2.24, 2.45) is 5.92 Å². The van der Waals surface area contributed by atoms with Crippen LogP contribution in [0.5, 0.6) is 0 Å². The molecule has 26 heavy (non-hydrogen) atoms. The molecule has 0 bridgehead atoms. The van der Waals surface area contributed by atoms with Crippen molar-refractivity contribution in [2.45, 2.75) is 18.8 Å². The molecule has 1 saturated heterocycles. The van der Waals surface area contributed by atoms with E-state index in [2.05, 4.69) is 33.1 Å². The first kappa shape index (κ1) is 16.5. The molecule has 1 aliphatic carbocycles. The van der Waals surface area contributed by atoms with E-state index in [9.17, 15) is 10.1 Å². The predicted molar refractivity (Wildman–Crippen MR) is 97.4 cm³/mol. The summed E-state index contributed by atoms with van der Waals surface area (Å²) in [5, 5.41) is 9.23. The lowest BCUT2D eigenvalue weighted by atomic mass is 10.1. The molecule has 1 amide bonds. The summed E-state index contributed by atoms with van der Waals surface area (Å²) in [5.74, 6) is 1.38. The Labute approximate surface area is 153 Å². The van der Waals surface area contributed by atoms with E-state index in [0.717, 1.165) is 25.9 Å². The molecular weight excluding hydrogens is 326 g/mol. The molecule has 2 aliphatic rings. The van der Waals surface area contributed by atoms with Gasteiger partial charge >= 0.3 is 0 Å². The summed E-state index contributed by atoms with van der Waals surface area (Å²) in [6.45, 7) is 2.89. The summed E-state index contributed by atoms with van der Waals surface area (Å²) in [6, 6.07) is 12.4. The van der Waals surface area contributed by atoms with Crippen LogP contribution < -0.4 is 4.90 Å². The Bertz CT molecular complexity index is 832. The van der Waals surface area contributed by atoms with Crippen molar-refractivity contribution in [3.63, 3.8) is 0 Å². The van der Waals surface area contributed by atoms with Gasteiger partial charge in [0, 0.05) is 44.5 Å². The highest BCUT2D eigenvalue weighted by Gasteiger charge is 2.45. The molecule has 0 spiro atoms. The summed E-state index contributed by atoms with van der Waals surface area (Å²) in [4.78, 5) is 25.4. The van der Waals surface area contributed by atoms with Crippen LogP contribution in [0, 0.1) is 17.2 Å². The van der Waals surface area contributed by atoms with Gasteiger partial charge in [0.2, 0.25) is 5.91 Å². The summed E-state index contributed by atoms with van der Waals surface area (Å²) < 4.78 is 0. The first-order valence-corrected chi connectivity index (χ1v) is 9.07. The number of rotatable bonds is 3. The zero-order valence-electron chi connectivity index (χ0n) is 14.6. The maximum atomic E-state index is 12.9. The molecule has 132 valence electrons. The highest BCUT2D eigenvalue weighted by molar-refractivity contribution is 5.83. The molecule has 2 fully saturated rings. The van der Waals surface area contributed by atoms with Gasteiger partial charge in [-0.25, -0.2) is 9.97 Å². The van der Waals surface area contributed by atoms with Crippen LogP contribution in [0.3, 0.4) is 0 Å². The maximum Gasteiger partial charge on any atom is 0.226 e. The fourth-order valence-electron chi connectivity index (χ4n) is 3.76. The monoisotopic (exact) mass is 347 g/mol. The van der Waals surface area contributed by atoms with E-state index in [4.69, 9.17) is 0 Å². The first-order valence-electron chi connectivity index (χ1n) is 9.07. The van der Waals surface area contributed by atoms with Crippen LogP contribution in [0.15, 0.2) is 42.7 Å². The SMILES string of the molecule is N#Cc1nccnc1N1CCCN(C(=O)C2CC2c2ccccc2)CC1. The van der Waals surface area contributed by atoms with Gasteiger partial charge in [-0.15, -0.1) is 0 Å². The number of carbonyl (C=O) groups excluding carboxylic acids is 1. The van der Waals surface area contributed by atoms with Gasteiger partial charge in [-0.3, -0.25) is 4.79 Å². The Morgan fingerprint density at radius 2 is 1.88 bits per heavy atom. The lowest BCUT2D eigenvalue weighted by Gasteiger charge is -2.23. The number of anilines is 1. The maximum absolute atomic E-state index is 12.9. The average molecular weight is 347 g/mol. The van der Waals surface area contributed by atoms with Gasteiger partial charge in [-0.05, 0) is 24.3 Å². The fraction of sp³-hybridized carbons (Fsp3) is 0.400. The van der Waals surface area contributed by atoms with Crippen molar-refractivity contribution in [3.05, 3.63) is 54.0 Å². The van der Waals surface area contributed by atoms with Gasteiger partial charge in [0.05, 0.1) is 0 Å². The van der Waals surface area contributed by atoms with Gasteiger partial charge in [0.15, 0.2) is 11.5 Å². The standard InChI is InChI=1S/C20H21N5O/c21-14-18-19(23-8-7-22-18)24-9-4-10-25(12-11-24)20(26)17-13-16(17)15-5-2-1-3-6-15/h1-3,5-8,16-17H,4,9-13H2. The van der Waals surface area contributed by atoms with Crippen LogP contribution in [-0.2, 0) is 4.79 Å². The molecule has 6 heteroatoms. The van der Waals surface area contributed by atoms with Crippen LogP contribution in [0.4, 0.5) is 5.82 Å². The Morgan fingerprint density at radius 3 is 2.69 bits per heavy atom. The van der Waals surface area contributed by atoms with Gasteiger partial charge in [-0.2, -0.15) is 5.26 Å². The van der Waals surface area contributed by atoms with Crippen molar-refractivity contribution in [1.82, 2.24) is 14.9 Å². The number of hydrogen-bond acceptors (Lipinski definition) is 5. The van der Waals surface area contributed by atoms with E-state index >= 15 is 0 Å². The van der Waals surface area contributed by atoms with E-state index in [0.29, 0.717) is 30.5 Å². The smallest absolute Gasteiger partial charge is 0.226 e. The third-order valence-corrected chi connectivity index (χ3v) is 5.23. The van der Waals surface area contributed by atoms with Gasteiger partial charge in [0.25, 0.3) is 0 Å². The zero-order chi connectivity index (χ0) is 17.9. The largest absolute Gasteiger partial charge is 0.352 e. The van der Waals surface area contributed by atoms with Crippen LogP contribution in [0.2, 0.25) is 0 Å². The lowest BCUT2D eigenvalue weighted by Crippen LogP contribution is -2.36. The highest BCUT2D eigenvalue weighted by Crippen LogP contribution is 2.48. The molecule has 2 atom stereocenters. The predicted octanol–water partition coefficient (Wildman–Crippen LogP) is 2.19. The normalized spacial score (nSPS) is 22.4. The number of hydrogen-bond donors (Lipinski definition) is 0. The third-order valence-electron chi connectivity index (χ3n) is 5.23. The number of nitrogens with zero attached hydrogens (tertiary/aromatic N) is 5. The Kier molecular flexibility index (Phi) is 4.53. The summed E-state index contributed by atoms with van der Waals surface area (Å²) in [6.07, 6.45) is 4.97. The average Bonchev–Trinajstić information content (AvgIpc) is 3.52. The van der Waals surface area contributed by atoms with Crippen molar-refractivity contribution in [2.75, 3.05) is 31.1 Å². The van der Waals surface area contributed by atoms with Crippen molar-refractivity contribution >= 4 is 11.7 Å². The second kappa shape index (κ2) is 7.12. The molecule has 4 rings (SSSR count). The van der Waals surface area contributed by atoms with Crippen LogP contribution >= 0.6 is 0 Å². The first-order chi connectivity index (χ1) is 12.8. The summed E-state index contributed by atoms with van der Waals surface area (Å²) >= 11 is 0. The zero-order valence-corrected chi connectivity index (χ0v) is 14.6. The van der Waals surface area contributed by atoms with E-state index in [1.54, 1.807) is 6.20 Å². The minimum Gasteiger partial charge on any atom is -0.352 e. The van der Waals surface area contributed by atoms with Crippen molar-refractivity contribution < 1.29 is 4.79 Å². The fourth-order valence-corrected chi connectivity index (χ4v) is 3.76. The minimum atomic E-state index is 0.120. The van der Waals surface area contributed by atoms with Crippen LogP contribution in [0.25, 0.3) is 0 Å². The Hall–Kier alpha value is -2.94. The number of carbonyl (C=O) groups is 1. The molecule has 2 unspecified atom stereocenters. The molecule has 2 heterocycles. The van der Waals surface area contributed by atoms with E-state index in [1.807, 2.05) is 23.1 Å². The molecule has 1 aromatic carbocycles. The molecule has 1 aromatic heterocycles. The molecule has 1 saturated carbocycles. The van der Waals surface area contributed by atoms with Crippen molar-refractivity contribution in [1.29, 1.82) is 5.26 Å². The molecule has 0 radical (unpaired) electrons. The summed E-state index contributed by atoms with van der Waals surface area (Å²) in [7, 11) is 0. The Balaban J connectivity index is 1.40. The third kappa shape index (κ3) is 3.25. The van der Waals surface area contributed by atoms with Gasteiger partial charge in [-0.1, -0.05) is 30.3 Å². The number of benzene rings is 1. The summed E-state index contributed by atoms with van der Waals surface area (Å²) in [5.41, 5.74) is 1.61. The van der Waals surface area contributed by atoms with Crippen LogP contribution in [0.1, 0.15) is 30.0 Å². The number of amides is 1. The number of nitriles is 1. The molecule has 2 aromatic rings. The van der Waals surface area contributed by atoms with E-state index in [1.165, 1.54) is 11.8 Å². The molecular formula is C20H21N5O. The molecule has 6 nitrogen and oxygen atoms in total. The van der Waals surface area contributed by atoms with Crippen molar-refractivity contribution in [3.8, 4) is 6.07 Å². The topological polar surface area (TPSA) is 73.1 Å². The van der Waals surface area contributed by atoms with Crippen LogP contribution in [-0.4, -0.2) is 47.0 Å². The number of aromatic nitrogens is 2. The van der Waals surface area contributed by atoms with E-state index in [-0.39, 0.29) is 11.8 Å². The quantitative estimate of drug-likeness (QED) is 0.851. The molecule has 0 N–H and O–H groups in total. The highest BCUT2D eigenvalue weighted by atomic mass is 16.2. The Morgan fingerprint density at radius 1 is 1.08 bits per heavy atom. The second-order valence-electron chi connectivity index (χ2n) is 6.87. The lowest BCUT2D eigenvalue weighted by molar-refractivity contribution is -0.132. The van der Waals surface area contributed by atoms with Gasteiger partial charge in [0.1, 0.15) is 6.07 Å². The minimum absolute atomic E-state index is 0.120. The second-order valence-corrected chi connectivity index (χ2v) is 6.87. The van der Waals surface area contributed by atoms with E-state index < -0.39 is 0 Å².